The Kier molecular flexibility index (Phi) is 7.22. The molecule has 2 atom stereocenters. The van der Waals surface area contributed by atoms with Gasteiger partial charge < -0.3 is 15.0 Å². The minimum absolute atomic E-state index is 0.0311. The summed E-state index contributed by atoms with van der Waals surface area (Å²) in [4.78, 5) is 15.0. The lowest BCUT2D eigenvalue weighted by Crippen LogP contribution is -2.38. The van der Waals surface area contributed by atoms with Gasteiger partial charge in [0, 0.05) is 23.0 Å². The van der Waals surface area contributed by atoms with Crippen LogP contribution in [-0.4, -0.2) is 43.2 Å². The molecular formula is C24H34N2O2S. The van der Waals surface area contributed by atoms with E-state index in [0.717, 1.165) is 24.8 Å². The van der Waals surface area contributed by atoms with Gasteiger partial charge in [0.1, 0.15) is 0 Å². The fourth-order valence-corrected chi connectivity index (χ4v) is 5.95. The van der Waals surface area contributed by atoms with Gasteiger partial charge >= 0.3 is 0 Å². The molecule has 1 aromatic heterocycles. The topological polar surface area (TPSA) is 41.6 Å². The largest absolute Gasteiger partial charge is 0.381 e. The normalized spacial score (nSPS) is 22.9. The van der Waals surface area contributed by atoms with E-state index in [4.69, 9.17) is 4.74 Å². The first-order chi connectivity index (χ1) is 14.2. The van der Waals surface area contributed by atoms with E-state index >= 15 is 0 Å². The maximum Gasteiger partial charge on any atom is 0.226 e. The van der Waals surface area contributed by atoms with E-state index in [1.54, 1.807) is 0 Å². The number of rotatable bonds is 7. The Bertz CT molecular complexity index is 802. The van der Waals surface area contributed by atoms with Crippen molar-refractivity contribution in [3.05, 3.63) is 29.1 Å². The van der Waals surface area contributed by atoms with Crippen molar-refractivity contribution < 1.29 is 9.53 Å². The molecular weight excluding hydrogens is 380 g/mol. The number of amides is 1. The number of nitrogens with zero attached hydrogens (tertiary/aromatic N) is 1. The number of benzene rings is 1. The first-order valence-electron chi connectivity index (χ1n) is 11.4. The van der Waals surface area contributed by atoms with Crippen LogP contribution in [0.15, 0.2) is 23.6 Å². The summed E-state index contributed by atoms with van der Waals surface area (Å²) in [5.41, 5.74) is 2.40. The molecule has 2 aliphatic rings. The van der Waals surface area contributed by atoms with Crippen LogP contribution in [0, 0.1) is 0 Å². The van der Waals surface area contributed by atoms with Crippen LogP contribution in [0.25, 0.3) is 10.1 Å². The van der Waals surface area contributed by atoms with Crippen molar-refractivity contribution in [2.45, 2.75) is 70.3 Å². The summed E-state index contributed by atoms with van der Waals surface area (Å²) >= 11 is 1.84. The fraction of sp³-hybridized carbons (Fsp3) is 0.625. The molecule has 1 N–H and O–H groups in total. The van der Waals surface area contributed by atoms with Crippen LogP contribution in [0.3, 0.4) is 0 Å². The van der Waals surface area contributed by atoms with Gasteiger partial charge in [-0.3, -0.25) is 4.79 Å². The van der Waals surface area contributed by atoms with E-state index < -0.39 is 0 Å². The van der Waals surface area contributed by atoms with Crippen LogP contribution in [0.1, 0.15) is 69.8 Å². The van der Waals surface area contributed by atoms with Crippen molar-refractivity contribution in [2.24, 2.45) is 0 Å². The zero-order valence-electron chi connectivity index (χ0n) is 17.6. The molecule has 4 rings (SSSR count). The minimum atomic E-state index is 0.0311. The maximum absolute atomic E-state index is 12.2. The number of ether oxygens (including phenoxy) is 1. The molecule has 5 heteroatoms. The monoisotopic (exact) mass is 414 g/mol. The standard InChI is InChI=1S/C24H34N2O2S/c1-2-14-28-15-11-24(27)25-19-7-9-23-21(16-19)22(17-29-23)18-6-8-20-5-3-4-12-26(20)13-10-18/h7,9,16-18,20H,2-6,8,10-15H2,1H3,(H,25,27). The van der Waals surface area contributed by atoms with Crippen molar-refractivity contribution in [1.29, 1.82) is 0 Å². The van der Waals surface area contributed by atoms with E-state index in [-0.39, 0.29) is 5.91 Å². The van der Waals surface area contributed by atoms with E-state index in [1.807, 2.05) is 17.4 Å². The van der Waals surface area contributed by atoms with Gasteiger partial charge in [0.05, 0.1) is 13.0 Å². The number of nitrogens with one attached hydrogen (secondary N) is 1. The highest BCUT2D eigenvalue weighted by molar-refractivity contribution is 7.17. The van der Waals surface area contributed by atoms with Crippen LogP contribution >= 0.6 is 11.3 Å². The predicted octanol–water partition coefficient (Wildman–Crippen LogP) is 5.78. The molecule has 2 aliphatic heterocycles. The average Bonchev–Trinajstić information content (AvgIpc) is 3.03. The van der Waals surface area contributed by atoms with E-state index in [1.165, 1.54) is 67.3 Å². The Labute approximate surface area is 178 Å². The van der Waals surface area contributed by atoms with Crippen LogP contribution in [0.5, 0.6) is 0 Å². The van der Waals surface area contributed by atoms with Crippen LogP contribution in [-0.2, 0) is 9.53 Å². The first-order valence-corrected chi connectivity index (χ1v) is 12.3. The number of thiophene rings is 1. The summed E-state index contributed by atoms with van der Waals surface area (Å²) in [6, 6.07) is 7.18. The third-order valence-corrected chi connectivity index (χ3v) is 7.49. The lowest BCUT2D eigenvalue weighted by atomic mass is 9.90. The number of hydrogen-bond acceptors (Lipinski definition) is 4. The quantitative estimate of drug-likeness (QED) is 0.584. The second-order valence-corrected chi connectivity index (χ2v) is 9.47. The molecule has 2 aromatic rings. The molecule has 158 valence electrons. The molecule has 1 aromatic carbocycles. The molecule has 2 fully saturated rings. The third-order valence-electron chi connectivity index (χ3n) is 6.51. The minimum Gasteiger partial charge on any atom is -0.381 e. The number of anilines is 1. The zero-order valence-corrected chi connectivity index (χ0v) is 18.4. The Hall–Kier alpha value is -1.43. The van der Waals surface area contributed by atoms with E-state index in [9.17, 15) is 4.79 Å². The van der Waals surface area contributed by atoms with Crippen molar-refractivity contribution >= 4 is 33.0 Å². The SMILES string of the molecule is CCCOCCC(=O)Nc1ccc2scc(C3CCC4CCCCN4CC3)c2c1. The Balaban J connectivity index is 1.43. The van der Waals surface area contributed by atoms with Gasteiger partial charge in [0.25, 0.3) is 0 Å². The van der Waals surface area contributed by atoms with Crippen molar-refractivity contribution in [2.75, 3.05) is 31.6 Å². The second kappa shape index (κ2) is 10.1. The van der Waals surface area contributed by atoms with Crippen molar-refractivity contribution in [1.82, 2.24) is 4.90 Å². The number of fused-ring (bicyclic) bond motifs is 2. The Morgan fingerprint density at radius 3 is 3.00 bits per heavy atom. The lowest BCUT2D eigenvalue weighted by Gasteiger charge is -2.33. The van der Waals surface area contributed by atoms with Crippen molar-refractivity contribution in [3.63, 3.8) is 0 Å². The zero-order chi connectivity index (χ0) is 20.1. The molecule has 0 aliphatic carbocycles. The first kappa shape index (κ1) is 20.8. The molecule has 0 saturated carbocycles. The van der Waals surface area contributed by atoms with Crippen molar-refractivity contribution in [3.8, 4) is 0 Å². The number of carbonyl (C=O) groups excluding carboxylic acids is 1. The van der Waals surface area contributed by atoms with Crippen LogP contribution in [0.4, 0.5) is 5.69 Å². The highest BCUT2D eigenvalue weighted by Crippen LogP contribution is 2.39. The summed E-state index contributed by atoms with van der Waals surface area (Å²) in [5, 5.41) is 6.76. The van der Waals surface area contributed by atoms with Crippen LogP contribution < -0.4 is 5.32 Å². The van der Waals surface area contributed by atoms with Gasteiger partial charge in [-0.1, -0.05) is 13.3 Å². The second-order valence-electron chi connectivity index (χ2n) is 8.56. The molecule has 3 heterocycles. The highest BCUT2D eigenvalue weighted by Gasteiger charge is 2.28. The maximum atomic E-state index is 12.2. The molecule has 4 nitrogen and oxygen atoms in total. The number of piperidine rings is 1. The highest BCUT2D eigenvalue weighted by atomic mass is 32.1. The van der Waals surface area contributed by atoms with Crippen LogP contribution in [0.2, 0.25) is 0 Å². The summed E-state index contributed by atoms with van der Waals surface area (Å²) in [5.74, 6) is 0.673. The summed E-state index contributed by atoms with van der Waals surface area (Å²) in [6.07, 6.45) is 9.43. The molecule has 0 bridgehead atoms. The number of hydrogen-bond donors (Lipinski definition) is 1. The predicted molar refractivity (Wildman–Crippen MR) is 122 cm³/mol. The van der Waals surface area contributed by atoms with E-state index in [2.05, 4.69) is 34.7 Å². The smallest absolute Gasteiger partial charge is 0.226 e. The van der Waals surface area contributed by atoms with Gasteiger partial charge in [0.2, 0.25) is 5.91 Å². The summed E-state index contributed by atoms with van der Waals surface area (Å²) < 4.78 is 6.76. The van der Waals surface area contributed by atoms with Gasteiger partial charge in [0.15, 0.2) is 0 Å². The average molecular weight is 415 g/mol. The van der Waals surface area contributed by atoms with Gasteiger partial charge in [-0.25, -0.2) is 0 Å². The Morgan fingerprint density at radius 2 is 2.10 bits per heavy atom. The lowest BCUT2D eigenvalue weighted by molar-refractivity contribution is -0.117. The molecule has 29 heavy (non-hydrogen) atoms. The van der Waals surface area contributed by atoms with Gasteiger partial charge in [-0.05, 0) is 92.1 Å². The Morgan fingerprint density at radius 1 is 1.17 bits per heavy atom. The molecule has 2 unspecified atom stereocenters. The molecule has 0 spiro atoms. The molecule has 1 amide bonds. The summed E-state index contributed by atoms with van der Waals surface area (Å²) in [7, 11) is 0. The molecule has 0 radical (unpaired) electrons. The third kappa shape index (κ3) is 5.19. The van der Waals surface area contributed by atoms with Gasteiger partial charge in [-0.15, -0.1) is 11.3 Å². The van der Waals surface area contributed by atoms with Gasteiger partial charge in [-0.2, -0.15) is 0 Å². The van der Waals surface area contributed by atoms with E-state index in [0.29, 0.717) is 18.9 Å². The number of carbonyl (C=O) groups is 1. The summed E-state index contributed by atoms with van der Waals surface area (Å²) in [6.45, 7) is 5.82. The fourth-order valence-electron chi connectivity index (χ4n) is 4.93. The molecule has 2 saturated heterocycles.